The molecule has 0 amide bonds. The first-order valence-electron chi connectivity index (χ1n) is 5.85. The first kappa shape index (κ1) is 14.2. The van der Waals surface area contributed by atoms with Crippen LogP contribution in [0.3, 0.4) is 0 Å². The van der Waals surface area contributed by atoms with Crippen LogP contribution in [-0.4, -0.2) is 11.7 Å². The van der Waals surface area contributed by atoms with E-state index in [4.69, 9.17) is 27.9 Å². The molecule has 2 nitrogen and oxygen atoms in total. The van der Waals surface area contributed by atoms with Crippen molar-refractivity contribution in [3.63, 3.8) is 0 Å². The molecule has 0 heterocycles. The van der Waals surface area contributed by atoms with Crippen molar-refractivity contribution in [2.75, 3.05) is 6.61 Å². The van der Waals surface area contributed by atoms with E-state index >= 15 is 0 Å². The molecule has 0 aromatic heterocycles. The van der Waals surface area contributed by atoms with E-state index in [9.17, 15) is 5.11 Å². The van der Waals surface area contributed by atoms with Crippen molar-refractivity contribution in [1.82, 2.24) is 0 Å². The van der Waals surface area contributed by atoms with Crippen LogP contribution in [0.1, 0.15) is 12.5 Å². The number of hydrogen-bond acceptors (Lipinski definition) is 2. The van der Waals surface area contributed by atoms with Crippen LogP contribution in [0.4, 0.5) is 0 Å². The van der Waals surface area contributed by atoms with Crippen molar-refractivity contribution in [2.24, 2.45) is 0 Å². The fraction of sp³-hybridized carbons (Fsp3) is 0.200. The molecule has 2 aromatic rings. The summed E-state index contributed by atoms with van der Waals surface area (Å²) in [4.78, 5) is 0. The summed E-state index contributed by atoms with van der Waals surface area (Å²) in [5.74, 6) is 0.502. The SMILES string of the molecule is CC(O)(COc1ccc(Cl)cc1Cl)c1ccccc1. The van der Waals surface area contributed by atoms with Crippen LogP contribution in [0.25, 0.3) is 0 Å². The van der Waals surface area contributed by atoms with Crippen molar-refractivity contribution in [3.05, 3.63) is 64.1 Å². The molecule has 0 aliphatic carbocycles. The topological polar surface area (TPSA) is 29.5 Å². The Balaban J connectivity index is 2.09. The molecular formula is C15H14Cl2O2. The Morgan fingerprint density at radius 2 is 1.79 bits per heavy atom. The minimum Gasteiger partial charge on any atom is -0.489 e. The number of ether oxygens (including phenoxy) is 1. The molecule has 0 aliphatic heterocycles. The van der Waals surface area contributed by atoms with Gasteiger partial charge >= 0.3 is 0 Å². The minimum absolute atomic E-state index is 0.109. The van der Waals surface area contributed by atoms with Gasteiger partial charge in [0.15, 0.2) is 0 Å². The van der Waals surface area contributed by atoms with Gasteiger partial charge in [0.1, 0.15) is 18.0 Å². The summed E-state index contributed by atoms with van der Waals surface area (Å²) in [6, 6.07) is 14.3. The Bertz CT molecular complexity index is 553. The van der Waals surface area contributed by atoms with Gasteiger partial charge in [0.2, 0.25) is 0 Å². The van der Waals surface area contributed by atoms with E-state index in [0.717, 1.165) is 5.56 Å². The zero-order valence-electron chi connectivity index (χ0n) is 10.4. The lowest BCUT2D eigenvalue weighted by molar-refractivity contribution is 0.00764. The monoisotopic (exact) mass is 296 g/mol. The van der Waals surface area contributed by atoms with Gasteiger partial charge in [-0.15, -0.1) is 0 Å². The molecule has 0 aliphatic rings. The number of aliphatic hydroxyl groups is 1. The van der Waals surface area contributed by atoms with Gasteiger partial charge in [-0.25, -0.2) is 0 Å². The normalized spacial score (nSPS) is 13.9. The minimum atomic E-state index is -1.08. The Morgan fingerprint density at radius 1 is 1.11 bits per heavy atom. The maximum Gasteiger partial charge on any atom is 0.138 e. The zero-order chi connectivity index (χ0) is 13.9. The number of benzene rings is 2. The molecular weight excluding hydrogens is 283 g/mol. The third kappa shape index (κ3) is 3.63. The van der Waals surface area contributed by atoms with Crippen LogP contribution in [0.15, 0.2) is 48.5 Å². The lowest BCUT2D eigenvalue weighted by Gasteiger charge is -2.24. The van der Waals surface area contributed by atoms with Crippen molar-refractivity contribution in [2.45, 2.75) is 12.5 Å². The van der Waals surface area contributed by atoms with E-state index < -0.39 is 5.60 Å². The maximum absolute atomic E-state index is 10.4. The lowest BCUT2D eigenvalue weighted by atomic mass is 9.97. The molecule has 2 rings (SSSR count). The standard InChI is InChI=1S/C15H14Cl2O2/c1-15(18,11-5-3-2-4-6-11)10-19-14-8-7-12(16)9-13(14)17/h2-9,18H,10H2,1H3. The summed E-state index contributed by atoms with van der Waals surface area (Å²) in [7, 11) is 0. The predicted octanol–water partition coefficient (Wildman–Crippen LogP) is 4.28. The fourth-order valence-corrected chi connectivity index (χ4v) is 2.15. The third-order valence-corrected chi connectivity index (χ3v) is 3.33. The summed E-state index contributed by atoms with van der Waals surface area (Å²) >= 11 is 11.8. The van der Waals surface area contributed by atoms with Crippen molar-refractivity contribution in [1.29, 1.82) is 0 Å². The lowest BCUT2D eigenvalue weighted by Crippen LogP contribution is -2.29. The Morgan fingerprint density at radius 3 is 2.42 bits per heavy atom. The van der Waals surface area contributed by atoms with Gasteiger partial charge in [-0.2, -0.15) is 0 Å². The molecule has 4 heteroatoms. The molecule has 0 spiro atoms. The van der Waals surface area contributed by atoms with Gasteiger partial charge in [-0.3, -0.25) is 0 Å². The molecule has 100 valence electrons. The largest absolute Gasteiger partial charge is 0.489 e. The van der Waals surface area contributed by atoms with Gasteiger partial charge in [0.05, 0.1) is 5.02 Å². The molecule has 19 heavy (non-hydrogen) atoms. The summed E-state index contributed by atoms with van der Waals surface area (Å²) < 4.78 is 5.57. The predicted molar refractivity (Wildman–Crippen MR) is 78.0 cm³/mol. The number of halogens is 2. The molecule has 1 atom stereocenters. The summed E-state index contributed by atoms with van der Waals surface area (Å²) in [5, 5.41) is 11.4. The highest BCUT2D eigenvalue weighted by Gasteiger charge is 2.24. The smallest absolute Gasteiger partial charge is 0.138 e. The highest BCUT2D eigenvalue weighted by atomic mass is 35.5. The van der Waals surface area contributed by atoms with Gasteiger partial charge in [-0.05, 0) is 30.7 Å². The Kier molecular flexibility index (Phi) is 4.35. The highest BCUT2D eigenvalue weighted by Crippen LogP contribution is 2.29. The average Bonchev–Trinajstić information content (AvgIpc) is 2.39. The second-order valence-corrected chi connectivity index (χ2v) is 5.35. The van der Waals surface area contributed by atoms with Crippen molar-refractivity contribution in [3.8, 4) is 5.75 Å². The first-order chi connectivity index (χ1) is 8.99. The maximum atomic E-state index is 10.4. The van der Waals surface area contributed by atoms with E-state index in [1.54, 1.807) is 25.1 Å². The average molecular weight is 297 g/mol. The van der Waals surface area contributed by atoms with Crippen LogP contribution in [0, 0.1) is 0 Å². The third-order valence-electron chi connectivity index (χ3n) is 2.80. The van der Waals surface area contributed by atoms with Crippen LogP contribution < -0.4 is 4.74 Å². The number of hydrogen-bond donors (Lipinski definition) is 1. The molecule has 1 unspecified atom stereocenters. The van der Waals surface area contributed by atoms with E-state index in [2.05, 4.69) is 0 Å². The van der Waals surface area contributed by atoms with Crippen LogP contribution in [-0.2, 0) is 5.60 Å². The zero-order valence-corrected chi connectivity index (χ0v) is 11.9. The van der Waals surface area contributed by atoms with E-state index in [0.29, 0.717) is 15.8 Å². The summed E-state index contributed by atoms with van der Waals surface area (Å²) in [6.07, 6.45) is 0. The molecule has 1 N–H and O–H groups in total. The molecule has 0 bridgehead atoms. The summed E-state index contributed by atoms with van der Waals surface area (Å²) in [5.41, 5.74) is -0.287. The fourth-order valence-electron chi connectivity index (χ4n) is 1.69. The molecule has 0 saturated heterocycles. The van der Waals surface area contributed by atoms with Crippen LogP contribution in [0.5, 0.6) is 5.75 Å². The molecule has 2 aromatic carbocycles. The number of rotatable bonds is 4. The Labute approximate surface area is 122 Å². The van der Waals surface area contributed by atoms with Gasteiger partial charge < -0.3 is 9.84 Å². The molecule has 0 radical (unpaired) electrons. The second-order valence-electron chi connectivity index (χ2n) is 4.50. The van der Waals surface area contributed by atoms with Crippen LogP contribution >= 0.6 is 23.2 Å². The van der Waals surface area contributed by atoms with Gasteiger partial charge in [-0.1, -0.05) is 53.5 Å². The van der Waals surface area contributed by atoms with E-state index in [-0.39, 0.29) is 6.61 Å². The Hall–Kier alpha value is -1.22. The quantitative estimate of drug-likeness (QED) is 0.912. The van der Waals surface area contributed by atoms with E-state index in [1.807, 2.05) is 30.3 Å². The second kappa shape index (κ2) is 5.83. The summed E-state index contributed by atoms with van der Waals surface area (Å²) in [6.45, 7) is 1.81. The van der Waals surface area contributed by atoms with Gasteiger partial charge in [0, 0.05) is 5.02 Å². The van der Waals surface area contributed by atoms with E-state index in [1.165, 1.54) is 0 Å². The van der Waals surface area contributed by atoms with Crippen molar-refractivity contribution < 1.29 is 9.84 Å². The highest BCUT2D eigenvalue weighted by molar-refractivity contribution is 6.35. The molecule has 0 fully saturated rings. The van der Waals surface area contributed by atoms with Gasteiger partial charge in [0.25, 0.3) is 0 Å². The molecule has 0 saturated carbocycles. The van der Waals surface area contributed by atoms with Crippen LogP contribution in [0.2, 0.25) is 10.0 Å². The first-order valence-corrected chi connectivity index (χ1v) is 6.60. The van der Waals surface area contributed by atoms with Crippen molar-refractivity contribution >= 4 is 23.2 Å².